The first-order valence-corrected chi connectivity index (χ1v) is 10.7. The van der Waals surface area contributed by atoms with Gasteiger partial charge in [-0.05, 0) is 36.9 Å². The number of halogens is 1. The minimum Gasteiger partial charge on any atom is -0.352 e. The number of hydrogen-bond donors (Lipinski definition) is 1. The number of ketones is 1. The van der Waals surface area contributed by atoms with Crippen molar-refractivity contribution in [3.05, 3.63) is 56.7 Å². The lowest BCUT2D eigenvalue weighted by molar-refractivity contribution is -0.121. The van der Waals surface area contributed by atoms with Gasteiger partial charge in [0.25, 0.3) is 5.91 Å². The SMILES string of the molecule is CN1CCN(C(=O)c2ccc(CNC(=O)CCC(=O)c3ccc(Cl)s3)cc2)CC1. The molecule has 2 heterocycles. The predicted molar refractivity (Wildman–Crippen MR) is 115 cm³/mol. The first-order valence-electron chi connectivity index (χ1n) is 9.54. The Kier molecular flexibility index (Phi) is 7.41. The molecule has 1 fully saturated rings. The largest absolute Gasteiger partial charge is 0.352 e. The van der Waals surface area contributed by atoms with Crippen LogP contribution in [0.15, 0.2) is 36.4 Å². The highest BCUT2D eigenvalue weighted by Gasteiger charge is 2.20. The van der Waals surface area contributed by atoms with E-state index in [1.807, 2.05) is 17.0 Å². The molecule has 1 N–H and O–H groups in total. The van der Waals surface area contributed by atoms with Gasteiger partial charge in [-0.15, -0.1) is 11.3 Å². The molecule has 0 aliphatic carbocycles. The van der Waals surface area contributed by atoms with E-state index in [-0.39, 0.29) is 30.4 Å². The van der Waals surface area contributed by atoms with Crippen LogP contribution in [0.1, 0.15) is 38.4 Å². The highest BCUT2D eigenvalue weighted by molar-refractivity contribution is 7.18. The second-order valence-electron chi connectivity index (χ2n) is 7.10. The quantitative estimate of drug-likeness (QED) is 0.681. The minimum absolute atomic E-state index is 0.0425. The maximum absolute atomic E-state index is 12.5. The van der Waals surface area contributed by atoms with Crippen LogP contribution in [0, 0.1) is 0 Å². The normalized spacial score (nSPS) is 14.6. The maximum Gasteiger partial charge on any atom is 0.253 e. The number of Topliss-reactive ketones (excluding diaryl/α,β-unsaturated/α-hetero) is 1. The smallest absolute Gasteiger partial charge is 0.253 e. The van der Waals surface area contributed by atoms with Crippen LogP contribution in [0.25, 0.3) is 0 Å². The van der Waals surface area contributed by atoms with Gasteiger partial charge in [-0.2, -0.15) is 0 Å². The van der Waals surface area contributed by atoms with Crippen LogP contribution in [-0.4, -0.2) is 60.6 Å². The fraction of sp³-hybridized carbons (Fsp3) is 0.381. The summed E-state index contributed by atoms with van der Waals surface area (Å²) in [6.07, 6.45) is 0.287. The molecule has 1 aliphatic rings. The molecule has 0 spiro atoms. The van der Waals surface area contributed by atoms with E-state index in [0.29, 0.717) is 21.3 Å². The van der Waals surface area contributed by atoms with Gasteiger partial charge in [0, 0.05) is 51.1 Å². The number of carbonyl (C=O) groups is 3. The van der Waals surface area contributed by atoms with Gasteiger partial charge < -0.3 is 15.1 Å². The standard InChI is InChI=1S/C21H24ClN3O3S/c1-24-10-12-25(13-11-24)21(28)16-4-2-15(3-5-16)14-23-20(27)9-6-17(26)18-7-8-19(22)29-18/h2-5,7-8H,6,9-14H2,1H3,(H,23,27). The lowest BCUT2D eigenvalue weighted by Crippen LogP contribution is -2.47. The zero-order chi connectivity index (χ0) is 20.8. The highest BCUT2D eigenvalue weighted by Crippen LogP contribution is 2.22. The summed E-state index contributed by atoms with van der Waals surface area (Å²) in [5.74, 6) is -0.219. The number of amides is 2. The van der Waals surface area contributed by atoms with Gasteiger partial charge in [-0.3, -0.25) is 14.4 Å². The molecule has 2 amide bonds. The molecular formula is C21H24ClN3O3S. The lowest BCUT2D eigenvalue weighted by atomic mass is 10.1. The zero-order valence-corrected chi connectivity index (χ0v) is 17.9. The van der Waals surface area contributed by atoms with Crippen molar-refractivity contribution in [2.24, 2.45) is 0 Å². The van der Waals surface area contributed by atoms with Crippen LogP contribution in [0.5, 0.6) is 0 Å². The Hall–Kier alpha value is -2.22. The minimum atomic E-state index is -0.182. The topological polar surface area (TPSA) is 69.7 Å². The number of nitrogens with one attached hydrogen (secondary N) is 1. The summed E-state index contributed by atoms with van der Waals surface area (Å²) in [6, 6.07) is 10.7. The van der Waals surface area contributed by atoms with Gasteiger partial charge in [-0.25, -0.2) is 0 Å². The van der Waals surface area contributed by atoms with Crippen LogP contribution < -0.4 is 5.32 Å². The molecule has 2 aromatic rings. The molecule has 8 heteroatoms. The van der Waals surface area contributed by atoms with E-state index in [4.69, 9.17) is 11.6 Å². The van der Waals surface area contributed by atoms with E-state index in [9.17, 15) is 14.4 Å². The van der Waals surface area contributed by atoms with E-state index in [1.54, 1.807) is 24.3 Å². The summed E-state index contributed by atoms with van der Waals surface area (Å²) in [5.41, 5.74) is 1.56. The van der Waals surface area contributed by atoms with E-state index in [0.717, 1.165) is 31.7 Å². The summed E-state index contributed by atoms with van der Waals surface area (Å²) in [5, 5.41) is 2.81. The Morgan fingerprint density at radius 1 is 1.00 bits per heavy atom. The van der Waals surface area contributed by atoms with Gasteiger partial charge in [0.1, 0.15) is 0 Å². The Bertz CT molecular complexity index is 874. The molecule has 3 rings (SSSR count). The number of carbonyl (C=O) groups excluding carboxylic acids is 3. The van der Waals surface area contributed by atoms with Crippen molar-refractivity contribution in [1.29, 1.82) is 0 Å². The molecular weight excluding hydrogens is 410 g/mol. The average molecular weight is 434 g/mol. The first-order chi connectivity index (χ1) is 13.9. The van der Waals surface area contributed by atoms with Gasteiger partial charge in [-0.1, -0.05) is 23.7 Å². The Labute approximate surface area is 179 Å². The summed E-state index contributed by atoms with van der Waals surface area (Å²) in [6.45, 7) is 3.61. The second-order valence-corrected chi connectivity index (χ2v) is 8.81. The van der Waals surface area contributed by atoms with Crippen LogP contribution >= 0.6 is 22.9 Å². The van der Waals surface area contributed by atoms with E-state index in [1.165, 1.54) is 11.3 Å². The second kappa shape index (κ2) is 10.0. The van der Waals surface area contributed by atoms with E-state index < -0.39 is 0 Å². The molecule has 0 radical (unpaired) electrons. The molecule has 29 heavy (non-hydrogen) atoms. The third-order valence-corrected chi connectivity index (χ3v) is 6.18. The number of hydrogen-bond acceptors (Lipinski definition) is 5. The number of thiophene rings is 1. The number of nitrogens with zero attached hydrogens (tertiary/aromatic N) is 2. The number of benzene rings is 1. The first kappa shape index (κ1) is 21.5. The van der Waals surface area contributed by atoms with Gasteiger partial charge in [0.2, 0.25) is 5.91 Å². The third-order valence-electron chi connectivity index (χ3n) is 4.91. The monoisotopic (exact) mass is 433 g/mol. The molecule has 6 nitrogen and oxygen atoms in total. The molecule has 1 aliphatic heterocycles. The molecule has 0 bridgehead atoms. The molecule has 0 unspecified atom stereocenters. The highest BCUT2D eigenvalue weighted by atomic mass is 35.5. The van der Waals surface area contributed by atoms with Crippen LogP contribution in [-0.2, 0) is 11.3 Å². The van der Waals surface area contributed by atoms with Crippen LogP contribution in [0.4, 0.5) is 0 Å². The summed E-state index contributed by atoms with van der Waals surface area (Å²) >= 11 is 7.05. The fourth-order valence-corrected chi connectivity index (χ4v) is 4.07. The van der Waals surface area contributed by atoms with E-state index >= 15 is 0 Å². The van der Waals surface area contributed by atoms with E-state index in [2.05, 4.69) is 17.3 Å². The molecule has 1 aromatic heterocycles. The Balaban J connectivity index is 1.43. The van der Waals surface area contributed by atoms with Crippen molar-refractivity contribution in [3.63, 3.8) is 0 Å². The van der Waals surface area contributed by atoms with Crippen molar-refractivity contribution in [1.82, 2.24) is 15.1 Å². The summed E-state index contributed by atoms with van der Waals surface area (Å²) < 4.78 is 0.562. The van der Waals surface area contributed by atoms with Crippen molar-refractivity contribution in [2.75, 3.05) is 33.2 Å². The molecule has 0 atom stereocenters. The molecule has 1 saturated heterocycles. The lowest BCUT2D eigenvalue weighted by Gasteiger charge is -2.32. The number of piperazine rings is 1. The van der Waals surface area contributed by atoms with Crippen LogP contribution in [0.3, 0.4) is 0 Å². The van der Waals surface area contributed by atoms with Crippen LogP contribution in [0.2, 0.25) is 4.34 Å². The maximum atomic E-state index is 12.5. The van der Waals surface area contributed by atoms with Crippen molar-refractivity contribution in [2.45, 2.75) is 19.4 Å². The zero-order valence-electron chi connectivity index (χ0n) is 16.3. The predicted octanol–water partition coefficient (Wildman–Crippen LogP) is 3.07. The average Bonchev–Trinajstić information content (AvgIpc) is 3.17. The molecule has 0 saturated carbocycles. The molecule has 1 aromatic carbocycles. The number of likely N-dealkylation sites (N-methyl/N-ethyl adjacent to an activating group) is 1. The molecule has 154 valence electrons. The van der Waals surface area contributed by atoms with Crippen molar-refractivity contribution >= 4 is 40.5 Å². The third kappa shape index (κ3) is 6.13. The summed E-state index contributed by atoms with van der Waals surface area (Å²) in [7, 11) is 2.05. The fourth-order valence-electron chi connectivity index (χ4n) is 3.06. The Morgan fingerprint density at radius 3 is 2.31 bits per heavy atom. The van der Waals surface area contributed by atoms with Crippen molar-refractivity contribution < 1.29 is 14.4 Å². The number of rotatable bonds is 7. The van der Waals surface area contributed by atoms with Gasteiger partial charge in [0.15, 0.2) is 5.78 Å². The van der Waals surface area contributed by atoms with Gasteiger partial charge >= 0.3 is 0 Å². The summed E-state index contributed by atoms with van der Waals surface area (Å²) in [4.78, 5) is 41.2. The van der Waals surface area contributed by atoms with Gasteiger partial charge in [0.05, 0.1) is 9.21 Å². The Morgan fingerprint density at radius 2 is 1.69 bits per heavy atom. The van der Waals surface area contributed by atoms with Crippen molar-refractivity contribution in [3.8, 4) is 0 Å².